The molecule has 0 aromatic heterocycles. The van der Waals surface area contributed by atoms with E-state index in [1.165, 1.54) is 9.13 Å². The van der Waals surface area contributed by atoms with E-state index in [1.54, 1.807) is 0 Å². The van der Waals surface area contributed by atoms with Crippen LogP contribution in [-0.2, 0) is 6.61 Å². The summed E-state index contributed by atoms with van der Waals surface area (Å²) in [6.07, 6.45) is 0. The minimum atomic E-state index is 0. The summed E-state index contributed by atoms with van der Waals surface area (Å²) in [6.45, 7) is 0.626. The van der Waals surface area contributed by atoms with Crippen LogP contribution in [0.1, 0.15) is 8.42 Å². The van der Waals surface area contributed by atoms with E-state index < -0.39 is 0 Å². The molecule has 0 spiro atoms. The molecule has 0 unspecified atom stereocenters. The van der Waals surface area contributed by atoms with E-state index >= 15 is 0 Å². The summed E-state index contributed by atoms with van der Waals surface area (Å²) in [4.78, 5) is 0. The summed E-state index contributed by atoms with van der Waals surface area (Å²) in [5.41, 5.74) is 1.19. The quantitative estimate of drug-likeness (QED) is 0.613. The third-order valence-electron chi connectivity index (χ3n) is 2.06. The molecular formula is C13H13IMgO. The first-order chi connectivity index (χ1) is 7.34. The van der Waals surface area contributed by atoms with Gasteiger partial charge in [-0.2, -0.15) is 0 Å². The molecule has 0 fully saturated rings. The fourth-order valence-electron chi connectivity index (χ4n) is 1.27. The van der Waals surface area contributed by atoms with Crippen LogP contribution in [0.2, 0.25) is 0 Å². The maximum Gasteiger partial charge on any atom is 2.00 e. The summed E-state index contributed by atoms with van der Waals surface area (Å²) in [5, 5.41) is 0. The van der Waals surface area contributed by atoms with E-state index in [9.17, 15) is 0 Å². The van der Waals surface area contributed by atoms with E-state index in [-0.39, 0.29) is 25.9 Å². The molecule has 0 aliphatic heterocycles. The average molecular weight is 336 g/mol. The van der Waals surface area contributed by atoms with Gasteiger partial charge in [0.1, 0.15) is 12.4 Å². The van der Waals surface area contributed by atoms with Crippen LogP contribution in [0, 0.1) is 3.57 Å². The van der Waals surface area contributed by atoms with E-state index in [4.69, 9.17) is 4.74 Å². The number of hydrogen-bond donors (Lipinski definition) is 0. The molecule has 16 heavy (non-hydrogen) atoms. The van der Waals surface area contributed by atoms with Crippen molar-refractivity contribution in [1.29, 1.82) is 0 Å². The predicted octanol–water partition coefficient (Wildman–Crippen LogP) is 3.71. The van der Waals surface area contributed by atoms with Gasteiger partial charge < -0.3 is 7.59 Å². The van der Waals surface area contributed by atoms with Gasteiger partial charge in [0, 0.05) is 3.57 Å². The predicted molar refractivity (Wildman–Crippen MR) is 77.9 cm³/mol. The monoisotopic (exact) mass is 336 g/mol. The Morgan fingerprint density at radius 3 is 2.19 bits per heavy atom. The fraction of sp³-hybridized carbons (Fsp3) is 0.0769. The second-order valence-corrected chi connectivity index (χ2v) is 4.47. The molecule has 0 radical (unpaired) electrons. The molecule has 3 heteroatoms. The van der Waals surface area contributed by atoms with Crippen molar-refractivity contribution >= 4 is 45.6 Å². The van der Waals surface area contributed by atoms with Gasteiger partial charge in [-0.05, 0) is 52.4 Å². The second-order valence-electron chi connectivity index (χ2n) is 3.23. The molecule has 2 aromatic rings. The van der Waals surface area contributed by atoms with E-state index in [0.29, 0.717) is 6.61 Å². The van der Waals surface area contributed by atoms with Crippen LogP contribution in [0.25, 0.3) is 0 Å². The Bertz CT molecular complexity index is 423. The van der Waals surface area contributed by atoms with Crippen LogP contribution < -0.4 is 4.74 Å². The zero-order valence-corrected chi connectivity index (χ0v) is 12.5. The molecule has 0 saturated heterocycles. The van der Waals surface area contributed by atoms with Crippen LogP contribution >= 0.6 is 22.6 Å². The number of hydrogen-bond acceptors (Lipinski definition) is 1. The van der Waals surface area contributed by atoms with E-state index in [0.717, 1.165) is 5.75 Å². The summed E-state index contributed by atoms with van der Waals surface area (Å²) < 4.78 is 6.87. The van der Waals surface area contributed by atoms with Crippen LogP contribution in [0.4, 0.5) is 0 Å². The van der Waals surface area contributed by atoms with Crippen molar-refractivity contribution in [3.63, 3.8) is 0 Å². The number of ether oxygens (including phenoxy) is 1. The molecule has 1 nitrogen and oxygen atoms in total. The number of rotatable bonds is 3. The summed E-state index contributed by atoms with van der Waals surface area (Å²) in [7, 11) is 0. The van der Waals surface area contributed by atoms with Gasteiger partial charge >= 0.3 is 23.1 Å². The summed E-state index contributed by atoms with van der Waals surface area (Å²) >= 11 is 2.28. The first kappa shape index (κ1) is 13.8. The molecular weight excluding hydrogens is 323 g/mol. The van der Waals surface area contributed by atoms with Crippen LogP contribution in [0.5, 0.6) is 5.75 Å². The number of halogens is 1. The summed E-state index contributed by atoms with van der Waals surface area (Å²) in [5.74, 6) is 0.916. The van der Waals surface area contributed by atoms with E-state index in [1.807, 2.05) is 42.5 Å². The van der Waals surface area contributed by atoms with Gasteiger partial charge in [0.05, 0.1) is 0 Å². The molecule has 80 valence electrons. The number of benzene rings is 2. The van der Waals surface area contributed by atoms with Gasteiger partial charge in [0.15, 0.2) is 0 Å². The van der Waals surface area contributed by atoms with Crippen molar-refractivity contribution in [3.8, 4) is 5.75 Å². The average Bonchev–Trinajstić information content (AvgIpc) is 2.30. The maximum absolute atomic E-state index is 5.64. The van der Waals surface area contributed by atoms with Crippen molar-refractivity contribution in [2.45, 2.75) is 6.61 Å². The maximum atomic E-state index is 5.64. The minimum Gasteiger partial charge on any atom is -1.00 e. The Morgan fingerprint density at radius 2 is 1.56 bits per heavy atom. The van der Waals surface area contributed by atoms with Crippen LogP contribution in [0.15, 0.2) is 54.6 Å². The Hall–Kier alpha value is -0.264. The molecule has 0 amide bonds. The normalized spacial score (nSPS) is 9.31. The van der Waals surface area contributed by atoms with Gasteiger partial charge in [-0.3, -0.25) is 0 Å². The van der Waals surface area contributed by atoms with Gasteiger partial charge in [-0.1, -0.05) is 30.3 Å². The van der Waals surface area contributed by atoms with Crippen LogP contribution in [0.3, 0.4) is 0 Å². The molecule has 0 aliphatic rings. The van der Waals surface area contributed by atoms with Crippen LogP contribution in [-0.4, -0.2) is 23.1 Å². The Morgan fingerprint density at radius 1 is 0.938 bits per heavy atom. The Kier molecular flexibility index (Phi) is 6.16. The topological polar surface area (TPSA) is 9.23 Å². The fourth-order valence-corrected chi connectivity index (χ4v) is 1.63. The zero-order valence-electron chi connectivity index (χ0n) is 10.9. The van der Waals surface area contributed by atoms with Gasteiger partial charge in [0.25, 0.3) is 0 Å². The third kappa shape index (κ3) is 4.31. The zero-order chi connectivity index (χ0) is 10.5. The smallest absolute Gasteiger partial charge is 1.00 e. The standard InChI is InChI=1S/C13H11IO.Mg.2H/c14-12-6-8-13(9-7-12)15-10-11-4-2-1-3-5-11;;;/h1-9H,10H2;;;/q;+2;2*-1. The molecule has 0 N–H and O–H groups in total. The molecule has 0 bridgehead atoms. The molecule has 0 atom stereocenters. The SMILES string of the molecule is Ic1ccc(OCc2ccccc2)cc1.[H-].[H-].[Mg+2]. The first-order valence-corrected chi connectivity index (χ1v) is 5.85. The second kappa shape index (κ2) is 7.14. The molecule has 2 aromatic carbocycles. The molecule has 0 aliphatic carbocycles. The van der Waals surface area contributed by atoms with Crippen molar-refractivity contribution in [2.75, 3.05) is 0 Å². The van der Waals surface area contributed by atoms with Crippen molar-refractivity contribution in [3.05, 3.63) is 63.7 Å². The third-order valence-corrected chi connectivity index (χ3v) is 2.78. The molecule has 2 rings (SSSR count). The molecule has 0 saturated carbocycles. The van der Waals surface area contributed by atoms with Crippen molar-refractivity contribution in [2.24, 2.45) is 0 Å². The largest absolute Gasteiger partial charge is 2.00 e. The Balaban J connectivity index is 0. The van der Waals surface area contributed by atoms with E-state index in [2.05, 4.69) is 34.7 Å². The van der Waals surface area contributed by atoms with Gasteiger partial charge in [-0.25, -0.2) is 0 Å². The summed E-state index contributed by atoms with van der Waals surface area (Å²) in [6, 6.07) is 18.2. The Labute approximate surface area is 128 Å². The van der Waals surface area contributed by atoms with Crippen molar-refractivity contribution in [1.82, 2.24) is 0 Å². The van der Waals surface area contributed by atoms with Gasteiger partial charge in [-0.15, -0.1) is 0 Å². The molecule has 0 heterocycles. The minimum absolute atomic E-state index is 0. The van der Waals surface area contributed by atoms with Gasteiger partial charge in [0.2, 0.25) is 0 Å². The van der Waals surface area contributed by atoms with Crippen molar-refractivity contribution < 1.29 is 7.59 Å². The first-order valence-electron chi connectivity index (χ1n) is 4.77.